The van der Waals surface area contributed by atoms with Gasteiger partial charge in [-0.2, -0.15) is 0 Å². The van der Waals surface area contributed by atoms with Crippen molar-refractivity contribution in [3.05, 3.63) is 69.9 Å². The summed E-state index contributed by atoms with van der Waals surface area (Å²) in [6.45, 7) is 2.80. The van der Waals surface area contributed by atoms with Gasteiger partial charge in [0.2, 0.25) is 0 Å². The van der Waals surface area contributed by atoms with Crippen LogP contribution in [0.3, 0.4) is 0 Å². The summed E-state index contributed by atoms with van der Waals surface area (Å²) in [5.41, 5.74) is 1.73. The summed E-state index contributed by atoms with van der Waals surface area (Å²) >= 11 is 3.39. The van der Waals surface area contributed by atoms with Crippen molar-refractivity contribution in [2.75, 3.05) is 6.54 Å². The molecule has 94 valence electrons. The molecule has 0 saturated heterocycles. The lowest BCUT2D eigenvalue weighted by Gasteiger charge is -2.19. The van der Waals surface area contributed by atoms with E-state index in [0.29, 0.717) is 5.56 Å². The maximum Gasteiger partial charge on any atom is 0.128 e. The molecule has 2 rings (SSSR count). The van der Waals surface area contributed by atoms with Crippen LogP contribution in [0.4, 0.5) is 4.39 Å². The molecule has 2 aromatic carbocycles. The van der Waals surface area contributed by atoms with E-state index in [-0.39, 0.29) is 11.9 Å². The van der Waals surface area contributed by atoms with Crippen molar-refractivity contribution in [2.24, 2.45) is 0 Å². The van der Waals surface area contributed by atoms with Gasteiger partial charge in [-0.15, -0.1) is 0 Å². The molecule has 1 unspecified atom stereocenters. The molecular formula is C15H15BrFN. The highest BCUT2D eigenvalue weighted by Gasteiger charge is 2.16. The summed E-state index contributed by atoms with van der Waals surface area (Å²) in [5.74, 6) is -0.187. The summed E-state index contributed by atoms with van der Waals surface area (Å²) < 4.78 is 14.9. The molecule has 0 aromatic heterocycles. The Morgan fingerprint density at radius 1 is 1.17 bits per heavy atom. The van der Waals surface area contributed by atoms with E-state index < -0.39 is 0 Å². The third-order valence-corrected chi connectivity index (χ3v) is 3.30. The van der Waals surface area contributed by atoms with Gasteiger partial charge in [0.25, 0.3) is 0 Å². The Balaban J connectivity index is 2.44. The summed E-state index contributed by atoms with van der Waals surface area (Å²) in [5, 5.41) is 3.32. The average Bonchev–Trinajstić information content (AvgIpc) is 2.40. The fourth-order valence-electron chi connectivity index (χ4n) is 1.99. The van der Waals surface area contributed by atoms with Gasteiger partial charge >= 0.3 is 0 Å². The first kappa shape index (κ1) is 13.2. The molecule has 0 radical (unpaired) electrons. The number of hydrogen-bond acceptors (Lipinski definition) is 1. The highest BCUT2D eigenvalue weighted by Crippen LogP contribution is 2.26. The molecule has 0 aliphatic carbocycles. The monoisotopic (exact) mass is 307 g/mol. The second-order valence-corrected chi connectivity index (χ2v) is 4.98. The van der Waals surface area contributed by atoms with Crippen LogP contribution in [0.1, 0.15) is 24.1 Å². The zero-order valence-corrected chi connectivity index (χ0v) is 11.7. The first-order valence-electron chi connectivity index (χ1n) is 5.95. The van der Waals surface area contributed by atoms with E-state index in [4.69, 9.17) is 0 Å². The van der Waals surface area contributed by atoms with Gasteiger partial charge in [0.15, 0.2) is 0 Å². The number of halogens is 2. The van der Waals surface area contributed by atoms with Crippen molar-refractivity contribution in [1.82, 2.24) is 5.32 Å². The Bertz CT molecular complexity index is 513. The molecule has 0 fully saturated rings. The van der Waals surface area contributed by atoms with Crippen molar-refractivity contribution in [2.45, 2.75) is 13.0 Å². The van der Waals surface area contributed by atoms with Crippen LogP contribution in [0.25, 0.3) is 0 Å². The largest absolute Gasteiger partial charge is 0.306 e. The van der Waals surface area contributed by atoms with E-state index in [2.05, 4.69) is 21.2 Å². The van der Waals surface area contributed by atoms with E-state index in [1.54, 1.807) is 6.07 Å². The van der Waals surface area contributed by atoms with E-state index in [1.807, 2.05) is 43.3 Å². The first-order chi connectivity index (χ1) is 8.72. The quantitative estimate of drug-likeness (QED) is 0.888. The molecule has 1 N–H and O–H groups in total. The van der Waals surface area contributed by atoms with Crippen LogP contribution in [-0.2, 0) is 0 Å². The fraction of sp³-hybridized carbons (Fsp3) is 0.200. The molecule has 0 saturated carbocycles. The minimum Gasteiger partial charge on any atom is -0.306 e. The third-order valence-electron chi connectivity index (χ3n) is 2.81. The number of benzene rings is 2. The topological polar surface area (TPSA) is 12.0 Å². The Labute approximate surface area is 115 Å². The van der Waals surface area contributed by atoms with Gasteiger partial charge in [-0.25, -0.2) is 4.39 Å². The SMILES string of the molecule is CCNC(c1ccccc1)c1cc(Br)ccc1F. The molecule has 0 spiro atoms. The molecule has 0 amide bonds. The Hall–Kier alpha value is -1.19. The zero-order valence-electron chi connectivity index (χ0n) is 10.2. The molecule has 0 aliphatic rings. The van der Waals surface area contributed by atoms with Crippen LogP contribution in [-0.4, -0.2) is 6.54 Å². The molecule has 3 heteroatoms. The van der Waals surface area contributed by atoms with Gasteiger partial charge in [0.1, 0.15) is 5.82 Å². The molecule has 18 heavy (non-hydrogen) atoms. The van der Waals surface area contributed by atoms with Crippen molar-refractivity contribution < 1.29 is 4.39 Å². The Morgan fingerprint density at radius 3 is 2.56 bits per heavy atom. The van der Waals surface area contributed by atoms with Crippen molar-refractivity contribution in [3.63, 3.8) is 0 Å². The standard InChI is InChI=1S/C15H15BrFN/c1-2-18-15(11-6-4-3-5-7-11)13-10-12(16)8-9-14(13)17/h3-10,15,18H,2H2,1H3. The number of hydrogen-bond donors (Lipinski definition) is 1. The lowest BCUT2D eigenvalue weighted by Crippen LogP contribution is -2.22. The summed E-state index contributed by atoms with van der Waals surface area (Å²) in [6, 6.07) is 14.8. The smallest absolute Gasteiger partial charge is 0.128 e. The van der Waals surface area contributed by atoms with E-state index in [0.717, 1.165) is 16.6 Å². The molecule has 2 aromatic rings. The van der Waals surface area contributed by atoms with Gasteiger partial charge in [0, 0.05) is 10.0 Å². The molecule has 0 bridgehead atoms. The second kappa shape index (κ2) is 6.12. The minimum absolute atomic E-state index is 0.117. The first-order valence-corrected chi connectivity index (χ1v) is 6.75. The Morgan fingerprint density at radius 2 is 1.89 bits per heavy atom. The fourth-order valence-corrected chi connectivity index (χ4v) is 2.37. The van der Waals surface area contributed by atoms with Crippen molar-refractivity contribution in [3.8, 4) is 0 Å². The molecule has 0 aliphatic heterocycles. The lowest BCUT2D eigenvalue weighted by molar-refractivity contribution is 0.558. The summed E-state index contributed by atoms with van der Waals surface area (Å²) in [7, 11) is 0. The molecule has 1 atom stereocenters. The van der Waals surface area contributed by atoms with E-state index in [9.17, 15) is 4.39 Å². The highest BCUT2D eigenvalue weighted by atomic mass is 79.9. The van der Waals surface area contributed by atoms with Gasteiger partial charge in [-0.3, -0.25) is 0 Å². The molecule has 1 nitrogen and oxygen atoms in total. The predicted molar refractivity (Wildman–Crippen MR) is 76.1 cm³/mol. The average molecular weight is 308 g/mol. The summed E-state index contributed by atoms with van der Waals surface area (Å²) in [6.07, 6.45) is 0. The van der Waals surface area contributed by atoms with Gasteiger partial charge in [-0.05, 0) is 30.3 Å². The van der Waals surface area contributed by atoms with Crippen LogP contribution < -0.4 is 5.32 Å². The number of nitrogens with one attached hydrogen (secondary N) is 1. The predicted octanol–water partition coefficient (Wildman–Crippen LogP) is 4.29. The van der Waals surface area contributed by atoms with Gasteiger partial charge < -0.3 is 5.32 Å². The van der Waals surface area contributed by atoms with Gasteiger partial charge in [0.05, 0.1) is 6.04 Å². The van der Waals surface area contributed by atoms with E-state index in [1.165, 1.54) is 6.07 Å². The van der Waals surface area contributed by atoms with Crippen LogP contribution in [0, 0.1) is 5.82 Å². The highest BCUT2D eigenvalue weighted by molar-refractivity contribution is 9.10. The third kappa shape index (κ3) is 2.98. The summed E-state index contributed by atoms with van der Waals surface area (Å²) in [4.78, 5) is 0. The van der Waals surface area contributed by atoms with Crippen molar-refractivity contribution >= 4 is 15.9 Å². The lowest BCUT2D eigenvalue weighted by atomic mass is 9.98. The zero-order chi connectivity index (χ0) is 13.0. The van der Waals surface area contributed by atoms with Crippen LogP contribution in [0.5, 0.6) is 0 Å². The Kier molecular flexibility index (Phi) is 4.50. The number of rotatable bonds is 4. The van der Waals surface area contributed by atoms with Crippen molar-refractivity contribution in [1.29, 1.82) is 0 Å². The normalized spacial score (nSPS) is 12.4. The minimum atomic E-state index is -0.187. The van der Waals surface area contributed by atoms with Crippen LogP contribution >= 0.6 is 15.9 Å². The van der Waals surface area contributed by atoms with Gasteiger partial charge in [-0.1, -0.05) is 53.2 Å². The maximum atomic E-state index is 14.0. The van der Waals surface area contributed by atoms with Crippen LogP contribution in [0.15, 0.2) is 53.0 Å². The second-order valence-electron chi connectivity index (χ2n) is 4.07. The van der Waals surface area contributed by atoms with E-state index >= 15 is 0 Å². The van der Waals surface area contributed by atoms with Crippen LogP contribution in [0.2, 0.25) is 0 Å². The maximum absolute atomic E-state index is 14.0. The molecule has 0 heterocycles. The molecular weight excluding hydrogens is 293 g/mol.